The number of carbonyl (C=O) groups excluding carboxylic acids is 1. The van der Waals surface area contributed by atoms with E-state index in [4.69, 9.17) is 9.47 Å². The summed E-state index contributed by atoms with van der Waals surface area (Å²) >= 11 is 0. The number of hydrogen-bond donors (Lipinski definition) is 1. The lowest BCUT2D eigenvalue weighted by Gasteiger charge is -2.13. The van der Waals surface area contributed by atoms with Crippen LogP contribution in [-0.4, -0.2) is 18.0 Å². The maximum absolute atomic E-state index is 12.2. The van der Waals surface area contributed by atoms with Crippen molar-refractivity contribution in [3.63, 3.8) is 0 Å². The van der Waals surface area contributed by atoms with Crippen LogP contribution in [0.1, 0.15) is 44.1 Å². The van der Waals surface area contributed by atoms with E-state index in [-0.39, 0.29) is 5.91 Å². The van der Waals surface area contributed by atoms with Gasteiger partial charge in [-0.2, -0.15) is 0 Å². The number of aromatic nitrogens is 1. The summed E-state index contributed by atoms with van der Waals surface area (Å²) in [5, 5.41) is 2.97. The molecule has 138 valence electrons. The van der Waals surface area contributed by atoms with E-state index >= 15 is 0 Å². The molecule has 0 spiro atoms. The molecule has 1 aliphatic rings. The van der Waals surface area contributed by atoms with Crippen LogP contribution >= 0.6 is 0 Å². The SMILES string of the molecule is COc1ccc(NC(=O)CCC2CCCC2)cc1OCc1ccncc1. The highest BCUT2D eigenvalue weighted by Gasteiger charge is 2.16. The van der Waals surface area contributed by atoms with Gasteiger partial charge in [0.15, 0.2) is 11.5 Å². The van der Waals surface area contributed by atoms with Crippen LogP contribution in [0.2, 0.25) is 0 Å². The van der Waals surface area contributed by atoms with Gasteiger partial charge in [-0.05, 0) is 42.2 Å². The zero-order valence-corrected chi connectivity index (χ0v) is 15.2. The van der Waals surface area contributed by atoms with Gasteiger partial charge in [-0.25, -0.2) is 0 Å². The minimum atomic E-state index is 0.0575. The van der Waals surface area contributed by atoms with E-state index in [1.165, 1.54) is 25.7 Å². The van der Waals surface area contributed by atoms with Gasteiger partial charge in [-0.15, -0.1) is 0 Å². The normalized spacial score (nSPS) is 14.2. The van der Waals surface area contributed by atoms with Crippen LogP contribution in [0, 0.1) is 5.92 Å². The maximum atomic E-state index is 12.2. The molecule has 2 aromatic rings. The average molecular weight is 354 g/mol. The summed E-state index contributed by atoms with van der Waals surface area (Å²) in [6, 6.07) is 9.27. The van der Waals surface area contributed by atoms with Crippen molar-refractivity contribution in [2.75, 3.05) is 12.4 Å². The van der Waals surface area contributed by atoms with Crippen molar-refractivity contribution in [3.8, 4) is 11.5 Å². The topological polar surface area (TPSA) is 60.5 Å². The van der Waals surface area contributed by atoms with Crippen molar-refractivity contribution in [3.05, 3.63) is 48.3 Å². The molecule has 0 saturated heterocycles. The molecule has 0 bridgehead atoms. The van der Waals surface area contributed by atoms with Gasteiger partial charge in [0.2, 0.25) is 5.91 Å². The van der Waals surface area contributed by atoms with Gasteiger partial charge in [0.1, 0.15) is 6.61 Å². The Labute approximate surface area is 154 Å². The van der Waals surface area contributed by atoms with E-state index in [1.54, 1.807) is 19.5 Å². The third-order valence-electron chi connectivity index (χ3n) is 4.85. The molecule has 26 heavy (non-hydrogen) atoms. The van der Waals surface area contributed by atoms with E-state index in [0.29, 0.717) is 24.5 Å². The highest BCUT2D eigenvalue weighted by atomic mass is 16.5. The molecule has 0 radical (unpaired) electrons. The zero-order valence-electron chi connectivity index (χ0n) is 15.2. The third kappa shape index (κ3) is 5.22. The lowest BCUT2D eigenvalue weighted by molar-refractivity contribution is -0.116. The summed E-state index contributed by atoms with van der Waals surface area (Å²) in [7, 11) is 1.61. The number of anilines is 1. The van der Waals surface area contributed by atoms with Gasteiger partial charge in [-0.1, -0.05) is 25.7 Å². The number of pyridine rings is 1. The van der Waals surface area contributed by atoms with Gasteiger partial charge >= 0.3 is 0 Å². The van der Waals surface area contributed by atoms with Crippen molar-refractivity contribution in [1.82, 2.24) is 4.98 Å². The number of rotatable bonds is 8. The molecule has 3 rings (SSSR count). The Bertz CT molecular complexity index is 712. The number of methoxy groups -OCH3 is 1. The molecule has 0 unspecified atom stereocenters. The van der Waals surface area contributed by atoms with Crippen molar-refractivity contribution in [2.24, 2.45) is 5.92 Å². The van der Waals surface area contributed by atoms with Crippen molar-refractivity contribution in [2.45, 2.75) is 45.1 Å². The predicted molar refractivity (Wildman–Crippen MR) is 101 cm³/mol. The first-order chi connectivity index (χ1) is 12.7. The number of nitrogens with one attached hydrogen (secondary N) is 1. The first-order valence-corrected chi connectivity index (χ1v) is 9.24. The Morgan fingerprint density at radius 1 is 1.15 bits per heavy atom. The number of ether oxygens (including phenoxy) is 2. The number of amides is 1. The summed E-state index contributed by atoms with van der Waals surface area (Å²) in [4.78, 5) is 16.2. The molecule has 1 heterocycles. The fourth-order valence-electron chi connectivity index (χ4n) is 3.37. The number of carbonyl (C=O) groups is 1. The molecule has 1 amide bonds. The van der Waals surface area contributed by atoms with Crippen molar-refractivity contribution in [1.29, 1.82) is 0 Å². The van der Waals surface area contributed by atoms with Gasteiger partial charge < -0.3 is 14.8 Å². The number of benzene rings is 1. The largest absolute Gasteiger partial charge is 0.493 e. The van der Waals surface area contributed by atoms with E-state index < -0.39 is 0 Å². The fourth-order valence-corrected chi connectivity index (χ4v) is 3.37. The van der Waals surface area contributed by atoms with E-state index in [2.05, 4.69) is 10.3 Å². The zero-order chi connectivity index (χ0) is 18.2. The minimum absolute atomic E-state index is 0.0575. The molecular weight excluding hydrogens is 328 g/mol. The standard InChI is InChI=1S/C21H26N2O3/c1-25-19-8-7-18(23-21(24)9-6-16-4-2-3-5-16)14-20(19)26-15-17-10-12-22-13-11-17/h7-8,10-14,16H,2-6,9,15H2,1H3,(H,23,24). The van der Waals surface area contributed by atoms with Crippen LogP contribution in [0.25, 0.3) is 0 Å². The smallest absolute Gasteiger partial charge is 0.224 e. The first kappa shape index (κ1) is 18.2. The quantitative estimate of drug-likeness (QED) is 0.754. The molecule has 0 atom stereocenters. The van der Waals surface area contributed by atoms with Gasteiger partial charge in [0, 0.05) is 30.6 Å². The van der Waals surface area contributed by atoms with Gasteiger partial charge in [0.05, 0.1) is 7.11 Å². The van der Waals surface area contributed by atoms with E-state index in [1.807, 2.05) is 30.3 Å². The van der Waals surface area contributed by atoms with E-state index in [9.17, 15) is 4.79 Å². The van der Waals surface area contributed by atoms with Crippen molar-refractivity contribution < 1.29 is 14.3 Å². The lowest BCUT2D eigenvalue weighted by Crippen LogP contribution is -2.13. The van der Waals surface area contributed by atoms with Crippen LogP contribution in [0.5, 0.6) is 11.5 Å². The lowest BCUT2D eigenvalue weighted by atomic mass is 10.0. The predicted octanol–water partition coefficient (Wildman–Crippen LogP) is 4.58. The Balaban J connectivity index is 1.57. The van der Waals surface area contributed by atoms with Gasteiger partial charge in [0.25, 0.3) is 0 Å². The molecule has 1 saturated carbocycles. The maximum Gasteiger partial charge on any atom is 0.224 e. The summed E-state index contributed by atoms with van der Waals surface area (Å²) < 4.78 is 11.2. The molecule has 1 aromatic heterocycles. The summed E-state index contributed by atoms with van der Waals surface area (Å²) in [6.45, 7) is 0.415. The summed E-state index contributed by atoms with van der Waals surface area (Å²) in [5.74, 6) is 2.03. The summed E-state index contributed by atoms with van der Waals surface area (Å²) in [6.07, 6.45) is 10.2. The van der Waals surface area contributed by atoms with Crippen LogP contribution < -0.4 is 14.8 Å². The second-order valence-corrected chi connectivity index (χ2v) is 6.75. The minimum Gasteiger partial charge on any atom is -0.493 e. The Kier molecular flexibility index (Phi) is 6.47. The number of nitrogens with zero attached hydrogens (tertiary/aromatic N) is 1. The molecule has 0 aliphatic heterocycles. The Morgan fingerprint density at radius 3 is 2.65 bits per heavy atom. The van der Waals surface area contributed by atoms with Crippen LogP contribution in [0.15, 0.2) is 42.7 Å². The molecule has 5 heteroatoms. The van der Waals surface area contributed by atoms with Crippen LogP contribution in [-0.2, 0) is 11.4 Å². The molecule has 5 nitrogen and oxygen atoms in total. The van der Waals surface area contributed by atoms with E-state index in [0.717, 1.165) is 23.6 Å². The fraction of sp³-hybridized carbons (Fsp3) is 0.429. The Morgan fingerprint density at radius 2 is 1.92 bits per heavy atom. The molecule has 1 aliphatic carbocycles. The molecular formula is C21H26N2O3. The average Bonchev–Trinajstić information content (AvgIpc) is 3.19. The highest BCUT2D eigenvalue weighted by Crippen LogP contribution is 2.32. The second kappa shape index (κ2) is 9.22. The van der Waals surface area contributed by atoms with Crippen LogP contribution in [0.4, 0.5) is 5.69 Å². The first-order valence-electron chi connectivity index (χ1n) is 9.24. The van der Waals surface area contributed by atoms with Gasteiger partial charge in [-0.3, -0.25) is 9.78 Å². The summed E-state index contributed by atoms with van der Waals surface area (Å²) in [5.41, 5.74) is 1.75. The van der Waals surface area contributed by atoms with Crippen molar-refractivity contribution >= 4 is 11.6 Å². The molecule has 1 N–H and O–H groups in total. The molecule has 1 aromatic carbocycles. The monoisotopic (exact) mass is 354 g/mol. The highest BCUT2D eigenvalue weighted by molar-refractivity contribution is 5.91. The number of hydrogen-bond acceptors (Lipinski definition) is 4. The Hall–Kier alpha value is -2.56. The third-order valence-corrected chi connectivity index (χ3v) is 4.85. The van der Waals surface area contributed by atoms with Crippen LogP contribution in [0.3, 0.4) is 0 Å². The molecule has 1 fully saturated rings. The second-order valence-electron chi connectivity index (χ2n) is 6.75.